The van der Waals surface area contributed by atoms with Crippen LogP contribution in [0, 0.1) is 17.8 Å². The van der Waals surface area contributed by atoms with Gasteiger partial charge in [0.2, 0.25) is 0 Å². The minimum atomic E-state index is -1.06. The predicted molar refractivity (Wildman–Crippen MR) is 57.9 cm³/mol. The van der Waals surface area contributed by atoms with E-state index in [4.69, 9.17) is 9.47 Å². The number of ether oxygens (including phenoxy) is 2. The molecule has 1 heterocycles. The fourth-order valence-corrected chi connectivity index (χ4v) is 2.98. The van der Waals surface area contributed by atoms with Gasteiger partial charge in [-0.05, 0) is 32.6 Å². The molecule has 2 rings (SSSR count). The largest absolute Gasteiger partial charge is 0.466 e. The molecule has 0 aromatic heterocycles. The SMILES string of the molecule is CCOC(=O)[C@H]1COC(=O)[C@H]2[C@@H]1CC[C@]2(C)O. The van der Waals surface area contributed by atoms with Crippen molar-refractivity contribution in [3.63, 3.8) is 0 Å². The molecule has 17 heavy (non-hydrogen) atoms. The summed E-state index contributed by atoms with van der Waals surface area (Å²) in [6.45, 7) is 3.77. The van der Waals surface area contributed by atoms with Crippen molar-refractivity contribution in [1.29, 1.82) is 0 Å². The molecule has 1 aliphatic heterocycles. The molecule has 1 N–H and O–H groups in total. The number of hydrogen-bond donors (Lipinski definition) is 1. The number of cyclic esters (lactones) is 1. The first-order chi connectivity index (χ1) is 7.97. The highest BCUT2D eigenvalue weighted by atomic mass is 16.6. The Labute approximate surface area is 100 Å². The van der Waals surface area contributed by atoms with E-state index in [-0.39, 0.29) is 18.5 Å². The highest BCUT2D eigenvalue weighted by Gasteiger charge is 2.56. The number of carbonyl (C=O) groups is 2. The minimum Gasteiger partial charge on any atom is -0.466 e. The van der Waals surface area contributed by atoms with Crippen molar-refractivity contribution in [2.24, 2.45) is 17.8 Å². The van der Waals surface area contributed by atoms with Gasteiger partial charge in [0.05, 0.1) is 24.0 Å². The minimum absolute atomic E-state index is 0.0783. The topological polar surface area (TPSA) is 72.8 Å². The fourth-order valence-electron chi connectivity index (χ4n) is 2.98. The van der Waals surface area contributed by atoms with E-state index in [1.807, 2.05) is 0 Å². The van der Waals surface area contributed by atoms with E-state index in [2.05, 4.69) is 0 Å². The molecule has 1 aliphatic carbocycles. The van der Waals surface area contributed by atoms with Crippen LogP contribution in [0.5, 0.6) is 0 Å². The van der Waals surface area contributed by atoms with Crippen LogP contribution in [0.4, 0.5) is 0 Å². The second-order valence-electron chi connectivity index (χ2n) is 5.03. The summed E-state index contributed by atoms with van der Waals surface area (Å²) in [7, 11) is 0. The number of hydrogen-bond acceptors (Lipinski definition) is 5. The maximum atomic E-state index is 11.8. The number of carbonyl (C=O) groups excluding carboxylic acids is 2. The standard InChI is InChI=1S/C12H18O5/c1-3-16-10(13)8-6-17-11(14)9-7(8)4-5-12(9,2)15/h7-9,15H,3-6H2,1-2H3/t7-,8+,9-,12+/m1/s1. The molecule has 0 radical (unpaired) electrons. The molecule has 0 aromatic rings. The van der Waals surface area contributed by atoms with Gasteiger partial charge in [0.15, 0.2) is 0 Å². The summed E-state index contributed by atoms with van der Waals surface area (Å²) in [5.74, 6) is -1.88. The zero-order chi connectivity index (χ0) is 12.6. The van der Waals surface area contributed by atoms with Crippen molar-refractivity contribution >= 4 is 11.9 Å². The molecule has 0 spiro atoms. The summed E-state index contributed by atoms with van der Waals surface area (Å²) in [5.41, 5.74) is -1.06. The number of rotatable bonds is 2. The summed E-state index contributed by atoms with van der Waals surface area (Å²) in [4.78, 5) is 23.4. The summed E-state index contributed by atoms with van der Waals surface area (Å²) in [5, 5.41) is 10.1. The van der Waals surface area contributed by atoms with Gasteiger partial charge < -0.3 is 14.6 Å². The molecule has 0 bridgehead atoms. The van der Waals surface area contributed by atoms with Crippen molar-refractivity contribution in [2.75, 3.05) is 13.2 Å². The molecule has 5 nitrogen and oxygen atoms in total. The third-order valence-corrected chi connectivity index (χ3v) is 3.85. The van der Waals surface area contributed by atoms with Crippen LogP contribution < -0.4 is 0 Å². The Kier molecular flexibility index (Phi) is 3.12. The summed E-state index contributed by atoms with van der Waals surface area (Å²) < 4.78 is 9.99. The van der Waals surface area contributed by atoms with Crippen molar-refractivity contribution in [3.8, 4) is 0 Å². The Hall–Kier alpha value is -1.10. The zero-order valence-corrected chi connectivity index (χ0v) is 10.1. The van der Waals surface area contributed by atoms with E-state index in [0.717, 1.165) is 0 Å². The molecule has 2 aliphatic rings. The van der Waals surface area contributed by atoms with Crippen molar-refractivity contribution < 1.29 is 24.2 Å². The van der Waals surface area contributed by atoms with Crippen LogP contribution in [0.3, 0.4) is 0 Å². The second-order valence-corrected chi connectivity index (χ2v) is 5.03. The highest BCUT2D eigenvalue weighted by Crippen LogP contribution is 2.47. The van der Waals surface area contributed by atoms with Crippen molar-refractivity contribution in [1.82, 2.24) is 0 Å². The normalized spacial score (nSPS) is 40.6. The molecule has 0 aromatic carbocycles. The molecule has 2 fully saturated rings. The smallest absolute Gasteiger partial charge is 0.312 e. The maximum absolute atomic E-state index is 11.8. The fraction of sp³-hybridized carbons (Fsp3) is 0.833. The Morgan fingerprint density at radius 2 is 2.35 bits per heavy atom. The first-order valence-electron chi connectivity index (χ1n) is 6.03. The molecular formula is C12H18O5. The van der Waals surface area contributed by atoms with Gasteiger partial charge in [0.25, 0.3) is 0 Å². The molecule has 5 heteroatoms. The van der Waals surface area contributed by atoms with Gasteiger partial charge in [0, 0.05) is 0 Å². The molecule has 1 saturated carbocycles. The molecular weight excluding hydrogens is 224 g/mol. The lowest BCUT2D eigenvalue weighted by molar-refractivity contribution is -0.177. The van der Waals surface area contributed by atoms with Crippen LogP contribution in [0.25, 0.3) is 0 Å². The lowest BCUT2D eigenvalue weighted by Gasteiger charge is -2.35. The summed E-state index contributed by atoms with van der Waals surface area (Å²) >= 11 is 0. The maximum Gasteiger partial charge on any atom is 0.312 e. The first kappa shape index (κ1) is 12.4. The summed E-state index contributed by atoms with van der Waals surface area (Å²) in [6.07, 6.45) is 1.18. The van der Waals surface area contributed by atoms with E-state index < -0.39 is 23.4 Å². The summed E-state index contributed by atoms with van der Waals surface area (Å²) in [6, 6.07) is 0. The van der Waals surface area contributed by atoms with Gasteiger partial charge in [-0.1, -0.05) is 0 Å². The van der Waals surface area contributed by atoms with Gasteiger partial charge in [-0.2, -0.15) is 0 Å². The second kappa shape index (κ2) is 4.29. The number of fused-ring (bicyclic) bond motifs is 1. The zero-order valence-electron chi connectivity index (χ0n) is 10.1. The van der Waals surface area contributed by atoms with Gasteiger partial charge >= 0.3 is 11.9 Å². The average Bonchev–Trinajstić information content (AvgIpc) is 2.57. The quantitative estimate of drug-likeness (QED) is 0.714. The highest BCUT2D eigenvalue weighted by molar-refractivity contribution is 5.80. The van der Waals surface area contributed by atoms with E-state index in [9.17, 15) is 14.7 Å². The lowest BCUT2D eigenvalue weighted by Crippen LogP contribution is -2.48. The van der Waals surface area contributed by atoms with Crippen LogP contribution in [-0.4, -0.2) is 35.9 Å². The average molecular weight is 242 g/mol. The van der Waals surface area contributed by atoms with E-state index in [1.165, 1.54) is 0 Å². The van der Waals surface area contributed by atoms with E-state index in [0.29, 0.717) is 19.4 Å². The van der Waals surface area contributed by atoms with Gasteiger partial charge in [-0.25, -0.2) is 0 Å². The predicted octanol–water partition coefficient (Wildman–Crippen LogP) is 0.500. The third-order valence-electron chi connectivity index (χ3n) is 3.85. The van der Waals surface area contributed by atoms with Crippen molar-refractivity contribution in [2.45, 2.75) is 32.3 Å². The van der Waals surface area contributed by atoms with Crippen molar-refractivity contribution in [3.05, 3.63) is 0 Å². The van der Waals surface area contributed by atoms with E-state index in [1.54, 1.807) is 13.8 Å². The first-order valence-corrected chi connectivity index (χ1v) is 6.03. The Bertz CT molecular complexity index is 336. The van der Waals surface area contributed by atoms with Crippen LogP contribution in [0.15, 0.2) is 0 Å². The Balaban J connectivity index is 2.18. The number of aliphatic hydroxyl groups is 1. The molecule has 0 unspecified atom stereocenters. The number of esters is 2. The molecule has 1 saturated heterocycles. The van der Waals surface area contributed by atoms with Gasteiger partial charge in [0.1, 0.15) is 6.61 Å². The molecule has 0 amide bonds. The van der Waals surface area contributed by atoms with Gasteiger partial charge in [-0.3, -0.25) is 9.59 Å². The van der Waals surface area contributed by atoms with Crippen LogP contribution in [-0.2, 0) is 19.1 Å². The van der Waals surface area contributed by atoms with Crippen LogP contribution in [0.2, 0.25) is 0 Å². The monoisotopic (exact) mass is 242 g/mol. The van der Waals surface area contributed by atoms with Crippen LogP contribution in [0.1, 0.15) is 26.7 Å². The third kappa shape index (κ3) is 2.04. The van der Waals surface area contributed by atoms with E-state index >= 15 is 0 Å². The molecule has 4 atom stereocenters. The molecule has 96 valence electrons. The van der Waals surface area contributed by atoms with Gasteiger partial charge in [-0.15, -0.1) is 0 Å². The van der Waals surface area contributed by atoms with Crippen LogP contribution >= 0.6 is 0 Å². The lowest BCUT2D eigenvalue weighted by atomic mass is 9.78. The Morgan fingerprint density at radius 1 is 1.65 bits per heavy atom. The Morgan fingerprint density at radius 3 is 3.00 bits per heavy atom.